The number of aromatic nitrogens is 2. The van der Waals surface area contributed by atoms with E-state index < -0.39 is 0 Å². The molecule has 0 bridgehead atoms. The molecule has 0 saturated heterocycles. The van der Waals surface area contributed by atoms with Gasteiger partial charge in [0.15, 0.2) is 11.5 Å². The molecule has 0 aliphatic carbocycles. The predicted molar refractivity (Wildman–Crippen MR) is 111 cm³/mol. The van der Waals surface area contributed by atoms with E-state index in [1.54, 1.807) is 20.3 Å². The Morgan fingerprint density at radius 3 is 2.66 bits per heavy atom. The van der Waals surface area contributed by atoms with Crippen molar-refractivity contribution in [2.24, 2.45) is 0 Å². The monoisotopic (exact) mass is 392 g/mol. The van der Waals surface area contributed by atoms with Gasteiger partial charge in [0, 0.05) is 18.6 Å². The van der Waals surface area contributed by atoms with Crippen molar-refractivity contribution in [3.8, 4) is 17.6 Å². The minimum Gasteiger partial charge on any atom is -0.493 e. The van der Waals surface area contributed by atoms with Crippen molar-refractivity contribution in [3.63, 3.8) is 0 Å². The van der Waals surface area contributed by atoms with E-state index in [0.717, 1.165) is 16.5 Å². The van der Waals surface area contributed by atoms with Crippen molar-refractivity contribution < 1.29 is 14.2 Å². The van der Waals surface area contributed by atoms with Gasteiger partial charge in [0.2, 0.25) is 0 Å². The summed E-state index contributed by atoms with van der Waals surface area (Å²) < 4.78 is 16.3. The Morgan fingerprint density at radius 1 is 1.10 bits per heavy atom. The number of anilines is 1. The van der Waals surface area contributed by atoms with Gasteiger partial charge in [0.05, 0.1) is 36.9 Å². The van der Waals surface area contributed by atoms with E-state index in [-0.39, 0.29) is 6.04 Å². The number of nitrogens with zero attached hydrogens (tertiary/aromatic N) is 3. The number of benzene rings is 2. The normalized spacial score (nSPS) is 11.7. The third-order valence-corrected chi connectivity index (χ3v) is 4.51. The Hall–Kier alpha value is -3.37. The van der Waals surface area contributed by atoms with Crippen molar-refractivity contribution in [1.29, 1.82) is 5.26 Å². The van der Waals surface area contributed by atoms with Crippen LogP contribution in [0, 0.1) is 18.3 Å². The molecular weight excluding hydrogens is 368 g/mol. The van der Waals surface area contributed by atoms with Crippen molar-refractivity contribution in [3.05, 3.63) is 53.3 Å². The highest BCUT2D eigenvalue weighted by Gasteiger charge is 2.15. The number of nitriles is 1. The fourth-order valence-corrected chi connectivity index (χ4v) is 3.04. The third kappa shape index (κ3) is 4.73. The number of methoxy groups -OCH3 is 2. The molecule has 0 aliphatic heterocycles. The second-order valence-corrected chi connectivity index (χ2v) is 6.58. The zero-order chi connectivity index (χ0) is 20.8. The van der Waals surface area contributed by atoms with Crippen LogP contribution in [0.25, 0.3) is 10.9 Å². The van der Waals surface area contributed by atoms with E-state index in [1.807, 2.05) is 44.2 Å². The van der Waals surface area contributed by atoms with Crippen LogP contribution in [0.15, 0.2) is 36.4 Å². The van der Waals surface area contributed by atoms with Gasteiger partial charge in [-0.05, 0) is 37.6 Å². The van der Waals surface area contributed by atoms with Gasteiger partial charge < -0.3 is 19.5 Å². The number of aryl methyl sites for hydroxylation is 1. The first kappa shape index (κ1) is 20.4. The summed E-state index contributed by atoms with van der Waals surface area (Å²) in [6.07, 6.45) is 0. The molecule has 1 heterocycles. The van der Waals surface area contributed by atoms with Crippen LogP contribution < -0.4 is 14.8 Å². The molecule has 0 fully saturated rings. The molecule has 2 aromatic carbocycles. The van der Waals surface area contributed by atoms with Crippen LogP contribution in [0.4, 0.5) is 5.82 Å². The maximum atomic E-state index is 9.15. The summed E-state index contributed by atoms with van der Waals surface area (Å²) >= 11 is 0. The molecule has 0 spiro atoms. The molecule has 0 saturated carbocycles. The number of hydrogen-bond donors (Lipinski definition) is 1. The van der Waals surface area contributed by atoms with Crippen LogP contribution in [-0.4, -0.2) is 37.4 Å². The summed E-state index contributed by atoms with van der Waals surface area (Å²) in [5.74, 6) is 2.55. The average Bonchev–Trinajstić information content (AvgIpc) is 2.73. The lowest BCUT2D eigenvalue weighted by molar-refractivity contribution is 0.144. The number of ether oxygens (including phenoxy) is 3. The first-order chi connectivity index (χ1) is 14.0. The molecule has 0 radical (unpaired) electrons. The molecule has 1 aromatic heterocycles. The van der Waals surface area contributed by atoms with Crippen molar-refractivity contribution in [2.75, 3.05) is 32.8 Å². The highest BCUT2D eigenvalue weighted by Crippen LogP contribution is 2.35. The lowest BCUT2D eigenvalue weighted by Gasteiger charge is -2.18. The van der Waals surface area contributed by atoms with Crippen LogP contribution >= 0.6 is 0 Å². The highest BCUT2D eigenvalue weighted by molar-refractivity contribution is 5.92. The molecular formula is C22H24N4O3. The maximum Gasteiger partial charge on any atom is 0.162 e. The number of nitrogens with one attached hydrogen (secondary N) is 1. The second-order valence-electron chi connectivity index (χ2n) is 6.58. The van der Waals surface area contributed by atoms with E-state index >= 15 is 0 Å². The Morgan fingerprint density at radius 2 is 1.93 bits per heavy atom. The number of fused-ring (bicyclic) bond motifs is 1. The van der Waals surface area contributed by atoms with Gasteiger partial charge in [0.25, 0.3) is 0 Å². The Balaban J connectivity index is 1.99. The second kappa shape index (κ2) is 9.22. The molecule has 1 unspecified atom stereocenters. The van der Waals surface area contributed by atoms with Crippen molar-refractivity contribution in [2.45, 2.75) is 19.9 Å². The highest BCUT2D eigenvalue weighted by atomic mass is 16.5. The third-order valence-electron chi connectivity index (χ3n) is 4.51. The van der Waals surface area contributed by atoms with Crippen LogP contribution in [-0.2, 0) is 4.74 Å². The van der Waals surface area contributed by atoms with E-state index in [2.05, 4.69) is 21.4 Å². The molecule has 3 rings (SSSR count). The summed E-state index contributed by atoms with van der Waals surface area (Å²) in [4.78, 5) is 9.13. The average molecular weight is 392 g/mol. The van der Waals surface area contributed by atoms with E-state index in [0.29, 0.717) is 41.9 Å². The minimum atomic E-state index is -0.0549. The molecule has 29 heavy (non-hydrogen) atoms. The summed E-state index contributed by atoms with van der Waals surface area (Å²) in [5, 5.41) is 13.4. The molecule has 0 aliphatic rings. The zero-order valence-electron chi connectivity index (χ0n) is 17.0. The molecule has 1 N–H and O–H groups in total. The van der Waals surface area contributed by atoms with Gasteiger partial charge in [-0.3, -0.25) is 0 Å². The fourth-order valence-electron chi connectivity index (χ4n) is 3.04. The molecule has 1 atom stereocenters. The van der Waals surface area contributed by atoms with Gasteiger partial charge in [-0.15, -0.1) is 0 Å². The van der Waals surface area contributed by atoms with Crippen LogP contribution in [0.5, 0.6) is 11.5 Å². The van der Waals surface area contributed by atoms with Gasteiger partial charge in [-0.2, -0.15) is 5.26 Å². The largest absolute Gasteiger partial charge is 0.493 e. The smallest absolute Gasteiger partial charge is 0.162 e. The summed E-state index contributed by atoms with van der Waals surface area (Å²) in [7, 11) is 3.23. The van der Waals surface area contributed by atoms with Gasteiger partial charge >= 0.3 is 0 Å². The Labute approximate surface area is 170 Å². The molecule has 150 valence electrons. The van der Waals surface area contributed by atoms with Crippen LogP contribution in [0.2, 0.25) is 0 Å². The quantitative estimate of drug-likeness (QED) is 0.579. The minimum absolute atomic E-state index is 0.0549. The lowest BCUT2D eigenvalue weighted by atomic mass is 10.1. The summed E-state index contributed by atoms with van der Waals surface area (Å²) in [6.45, 7) is 4.76. The first-order valence-electron chi connectivity index (χ1n) is 9.30. The number of rotatable bonds is 8. The lowest BCUT2D eigenvalue weighted by Crippen LogP contribution is -2.10. The van der Waals surface area contributed by atoms with Crippen molar-refractivity contribution in [1.82, 2.24) is 9.97 Å². The molecule has 0 amide bonds. The fraction of sp³-hybridized carbons (Fsp3) is 0.318. The van der Waals surface area contributed by atoms with E-state index in [4.69, 9.17) is 19.5 Å². The first-order valence-corrected chi connectivity index (χ1v) is 9.30. The van der Waals surface area contributed by atoms with Crippen molar-refractivity contribution >= 4 is 16.7 Å². The maximum absolute atomic E-state index is 9.15. The Kier molecular flexibility index (Phi) is 6.47. The molecule has 7 heteroatoms. The Bertz CT molecular complexity index is 1050. The van der Waals surface area contributed by atoms with Gasteiger partial charge in [0.1, 0.15) is 18.2 Å². The standard InChI is InChI=1S/C22H24N4O3/c1-14(17-7-5-6-16(10-17)13-23)24-22-18-11-21(29-9-8-27-3)20(28-4)12-19(18)25-15(2)26-22/h5-7,10-12,14H,8-9H2,1-4H3,(H,24,25,26). The molecule has 3 aromatic rings. The van der Waals surface area contributed by atoms with Crippen LogP contribution in [0.1, 0.15) is 29.9 Å². The van der Waals surface area contributed by atoms with Crippen LogP contribution in [0.3, 0.4) is 0 Å². The molecule has 7 nitrogen and oxygen atoms in total. The van der Waals surface area contributed by atoms with Gasteiger partial charge in [-0.1, -0.05) is 12.1 Å². The zero-order valence-corrected chi connectivity index (χ0v) is 17.0. The predicted octanol–water partition coefficient (Wildman–Crippen LogP) is 4.02. The summed E-state index contributed by atoms with van der Waals surface area (Å²) in [6, 6.07) is 13.4. The van der Waals surface area contributed by atoms with Gasteiger partial charge in [-0.25, -0.2) is 9.97 Å². The van der Waals surface area contributed by atoms with E-state index in [1.165, 1.54) is 0 Å². The SMILES string of the molecule is COCCOc1cc2c(NC(C)c3cccc(C#N)c3)nc(C)nc2cc1OC. The number of hydrogen-bond acceptors (Lipinski definition) is 7. The topological polar surface area (TPSA) is 89.3 Å². The van der Waals surface area contributed by atoms with E-state index in [9.17, 15) is 0 Å². The summed E-state index contributed by atoms with van der Waals surface area (Å²) in [5.41, 5.74) is 2.38.